The zero-order valence-electron chi connectivity index (χ0n) is 11.4. The molecule has 3 rings (SSSR count). The molecule has 0 aliphatic rings. The van der Waals surface area contributed by atoms with Gasteiger partial charge < -0.3 is 10.8 Å². The number of aromatic hydroxyl groups is 1. The van der Waals surface area contributed by atoms with E-state index in [4.69, 9.17) is 5.73 Å². The molecular formula is C17H15N3O. The molecule has 0 fully saturated rings. The van der Waals surface area contributed by atoms with Crippen LogP contribution in [0.1, 0.15) is 5.56 Å². The summed E-state index contributed by atoms with van der Waals surface area (Å²) in [4.78, 5) is 0. The van der Waals surface area contributed by atoms with Crippen LogP contribution in [0.4, 0.5) is 11.4 Å². The fourth-order valence-electron chi connectivity index (χ4n) is 2.23. The van der Waals surface area contributed by atoms with Crippen LogP contribution in [0.2, 0.25) is 0 Å². The third-order valence-corrected chi connectivity index (χ3v) is 3.35. The highest BCUT2D eigenvalue weighted by Crippen LogP contribution is 2.36. The Hall–Kier alpha value is -2.72. The van der Waals surface area contributed by atoms with Crippen LogP contribution in [-0.2, 0) is 6.54 Å². The second-order valence-corrected chi connectivity index (χ2v) is 4.69. The monoisotopic (exact) mass is 277 g/mol. The lowest BCUT2D eigenvalue weighted by atomic mass is 10.1. The fraction of sp³-hybridized carbons (Fsp3) is 0.0588. The molecule has 0 spiro atoms. The average Bonchev–Trinajstić information content (AvgIpc) is 2.54. The van der Waals surface area contributed by atoms with Gasteiger partial charge in [-0.3, -0.25) is 0 Å². The van der Waals surface area contributed by atoms with Crippen molar-refractivity contribution >= 4 is 22.1 Å². The third-order valence-electron chi connectivity index (χ3n) is 3.35. The van der Waals surface area contributed by atoms with E-state index in [0.29, 0.717) is 17.9 Å². The van der Waals surface area contributed by atoms with Gasteiger partial charge in [0.1, 0.15) is 11.4 Å². The predicted molar refractivity (Wildman–Crippen MR) is 84.1 cm³/mol. The van der Waals surface area contributed by atoms with Gasteiger partial charge in [-0.15, -0.1) is 5.11 Å². The molecule has 0 saturated carbocycles. The van der Waals surface area contributed by atoms with Gasteiger partial charge in [-0.25, -0.2) is 0 Å². The van der Waals surface area contributed by atoms with E-state index in [1.54, 1.807) is 6.07 Å². The molecule has 0 aliphatic heterocycles. The van der Waals surface area contributed by atoms with Crippen LogP contribution in [0.3, 0.4) is 0 Å². The minimum Gasteiger partial charge on any atom is -0.506 e. The van der Waals surface area contributed by atoms with Gasteiger partial charge in [0, 0.05) is 11.9 Å². The molecule has 0 bridgehead atoms. The summed E-state index contributed by atoms with van der Waals surface area (Å²) in [6.07, 6.45) is 0. The summed E-state index contributed by atoms with van der Waals surface area (Å²) in [5.74, 6) is 0.114. The number of fused-ring (bicyclic) bond motifs is 1. The van der Waals surface area contributed by atoms with Crippen LogP contribution < -0.4 is 5.73 Å². The molecule has 21 heavy (non-hydrogen) atoms. The number of phenolic OH excluding ortho intramolecular Hbond substituents is 1. The number of nitrogens with two attached hydrogens (primary N) is 1. The Bertz CT molecular complexity index is 812. The van der Waals surface area contributed by atoms with Crippen LogP contribution >= 0.6 is 0 Å². The molecule has 0 aliphatic carbocycles. The van der Waals surface area contributed by atoms with Gasteiger partial charge in [0.25, 0.3) is 0 Å². The minimum atomic E-state index is 0.114. The third kappa shape index (κ3) is 2.61. The molecule has 3 aromatic carbocycles. The van der Waals surface area contributed by atoms with E-state index in [-0.39, 0.29) is 5.75 Å². The zero-order chi connectivity index (χ0) is 14.7. The number of benzene rings is 3. The lowest BCUT2D eigenvalue weighted by Crippen LogP contribution is -1.95. The first-order valence-corrected chi connectivity index (χ1v) is 6.70. The lowest BCUT2D eigenvalue weighted by molar-refractivity contribution is 0.477. The summed E-state index contributed by atoms with van der Waals surface area (Å²) >= 11 is 0. The molecule has 3 N–H and O–H groups in total. The summed E-state index contributed by atoms with van der Waals surface area (Å²) in [6, 6.07) is 18.8. The first-order chi connectivity index (χ1) is 10.3. The Balaban J connectivity index is 2.09. The summed E-state index contributed by atoms with van der Waals surface area (Å²) in [5.41, 5.74) is 7.79. The van der Waals surface area contributed by atoms with Crippen LogP contribution in [-0.4, -0.2) is 5.11 Å². The van der Waals surface area contributed by atoms with E-state index < -0.39 is 0 Å². The van der Waals surface area contributed by atoms with Crippen LogP contribution in [0, 0.1) is 0 Å². The Labute approximate surface area is 122 Å². The van der Waals surface area contributed by atoms with Crippen LogP contribution in [0.5, 0.6) is 5.75 Å². The normalized spacial score (nSPS) is 11.3. The molecule has 0 heterocycles. The molecule has 0 saturated heterocycles. The first kappa shape index (κ1) is 13.3. The summed E-state index contributed by atoms with van der Waals surface area (Å²) in [6.45, 7) is 0.400. The summed E-state index contributed by atoms with van der Waals surface area (Å²) in [5, 5.41) is 20.4. The van der Waals surface area contributed by atoms with E-state index in [9.17, 15) is 5.11 Å². The SMILES string of the molecule is NCc1ccccc1N=Nc1c(O)ccc2ccccc12. The largest absolute Gasteiger partial charge is 0.506 e. The Morgan fingerprint density at radius 2 is 1.62 bits per heavy atom. The Morgan fingerprint density at radius 3 is 2.48 bits per heavy atom. The second kappa shape index (κ2) is 5.73. The topological polar surface area (TPSA) is 71.0 Å². The number of rotatable bonds is 3. The van der Waals surface area contributed by atoms with Crippen molar-refractivity contribution in [1.82, 2.24) is 0 Å². The number of hydrogen-bond donors (Lipinski definition) is 2. The zero-order valence-corrected chi connectivity index (χ0v) is 11.4. The summed E-state index contributed by atoms with van der Waals surface area (Å²) < 4.78 is 0. The van der Waals surface area contributed by atoms with E-state index in [2.05, 4.69) is 10.2 Å². The van der Waals surface area contributed by atoms with Crippen molar-refractivity contribution in [3.63, 3.8) is 0 Å². The molecular weight excluding hydrogens is 262 g/mol. The van der Waals surface area contributed by atoms with Crippen LogP contribution in [0.25, 0.3) is 10.8 Å². The van der Waals surface area contributed by atoms with Crippen molar-refractivity contribution in [3.05, 3.63) is 66.2 Å². The summed E-state index contributed by atoms with van der Waals surface area (Å²) in [7, 11) is 0. The van der Waals surface area contributed by atoms with Gasteiger partial charge in [-0.2, -0.15) is 5.11 Å². The Morgan fingerprint density at radius 1 is 0.857 bits per heavy atom. The van der Waals surface area contributed by atoms with Gasteiger partial charge >= 0.3 is 0 Å². The highest BCUT2D eigenvalue weighted by Gasteiger charge is 2.06. The maximum Gasteiger partial charge on any atom is 0.143 e. The predicted octanol–water partition coefficient (Wildman–Crippen LogP) is 4.42. The van der Waals surface area contributed by atoms with Gasteiger partial charge in [0.05, 0.1) is 5.69 Å². The smallest absolute Gasteiger partial charge is 0.143 e. The number of nitrogens with zero attached hydrogens (tertiary/aromatic N) is 2. The van der Waals surface area contributed by atoms with Crippen molar-refractivity contribution < 1.29 is 5.11 Å². The molecule has 0 atom stereocenters. The highest BCUT2D eigenvalue weighted by molar-refractivity contribution is 5.95. The van der Waals surface area contributed by atoms with E-state index in [1.165, 1.54) is 0 Å². The molecule has 0 aromatic heterocycles. The first-order valence-electron chi connectivity index (χ1n) is 6.70. The van der Waals surface area contributed by atoms with Crippen molar-refractivity contribution in [2.45, 2.75) is 6.54 Å². The molecule has 0 amide bonds. The maximum absolute atomic E-state index is 10.0. The number of phenols is 1. The van der Waals surface area contributed by atoms with Gasteiger partial charge in [-0.05, 0) is 23.1 Å². The minimum absolute atomic E-state index is 0.114. The van der Waals surface area contributed by atoms with Crippen molar-refractivity contribution in [2.75, 3.05) is 0 Å². The van der Waals surface area contributed by atoms with E-state index in [0.717, 1.165) is 16.3 Å². The second-order valence-electron chi connectivity index (χ2n) is 4.69. The maximum atomic E-state index is 10.0. The van der Waals surface area contributed by atoms with Crippen LogP contribution in [0.15, 0.2) is 70.9 Å². The fourth-order valence-corrected chi connectivity index (χ4v) is 2.23. The van der Waals surface area contributed by atoms with Crippen molar-refractivity contribution in [1.29, 1.82) is 0 Å². The molecule has 4 heteroatoms. The lowest BCUT2D eigenvalue weighted by Gasteiger charge is -2.04. The van der Waals surface area contributed by atoms with Crippen molar-refractivity contribution in [3.8, 4) is 5.75 Å². The molecule has 4 nitrogen and oxygen atoms in total. The molecule has 0 radical (unpaired) electrons. The Kier molecular flexibility index (Phi) is 3.62. The standard InChI is InChI=1S/C17H15N3O/c18-11-13-6-2-4-8-15(13)19-20-17-14-7-3-1-5-12(14)9-10-16(17)21/h1-10,21H,11,18H2. The van der Waals surface area contributed by atoms with E-state index in [1.807, 2.05) is 54.6 Å². The van der Waals surface area contributed by atoms with Gasteiger partial charge in [0.2, 0.25) is 0 Å². The van der Waals surface area contributed by atoms with E-state index >= 15 is 0 Å². The number of azo groups is 1. The van der Waals surface area contributed by atoms with Gasteiger partial charge in [-0.1, -0.05) is 48.5 Å². The molecule has 104 valence electrons. The molecule has 0 unspecified atom stereocenters. The molecule has 3 aromatic rings. The average molecular weight is 277 g/mol. The highest BCUT2D eigenvalue weighted by atomic mass is 16.3. The quantitative estimate of drug-likeness (QED) is 0.696. The van der Waals surface area contributed by atoms with Crippen molar-refractivity contribution in [2.24, 2.45) is 16.0 Å². The number of hydrogen-bond acceptors (Lipinski definition) is 4. The van der Waals surface area contributed by atoms with Gasteiger partial charge in [0.15, 0.2) is 0 Å².